The molecule has 5 rings (SSSR count). The molecule has 0 aliphatic carbocycles. The number of benzene rings is 3. The molecule has 39 heavy (non-hydrogen) atoms. The van der Waals surface area contributed by atoms with Crippen LogP contribution in [0, 0.1) is 10.1 Å². The van der Waals surface area contributed by atoms with Gasteiger partial charge in [0, 0.05) is 27.7 Å². The number of fused-ring (bicyclic) bond motifs is 1. The molecule has 1 aliphatic heterocycles. The van der Waals surface area contributed by atoms with Gasteiger partial charge in [0.1, 0.15) is 0 Å². The van der Waals surface area contributed by atoms with Crippen molar-refractivity contribution < 1.29 is 19.3 Å². The van der Waals surface area contributed by atoms with E-state index in [0.29, 0.717) is 15.9 Å². The first-order valence-corrected chi connectivity index (χ1v) is 12.6. The highest BCUT2D eigenvalue weighted by Crippen LogP contribution is 2.30. The van der Waals surface area contributed by atoms with Crippen LogP contribution in [0.2, 0.25) is 0 Å². The third-order valence-electron chi connectivity index (χ3n) is 6.23. The summed E-state index contributed by atoms with van der Waals surface area (Å²) >= 11 is 3.40. The number of carbonyl (C=O) groups excluding carboxylic acids is 3. The normalized spacial score (nSPS) is 12.8. The topological polar surface area (TPSA) is 132 Å². The number of carbonyl (C=O) groups is 3. The Bertz CT molecular complexity index is 1630. The van der Waals surface area contributed by atoms with E-state index in [1.165, 1.54) is 22.8 Å². The van der Waals surface area contributed by atoms with Crippen molar-refractivity contribution in [1.29, 1.82) is 0 Å². The zero-order chi connectivity index (χ0) is 27.8. The van der Waals surface area contributed by atoms with Crippen molar-refractivity contribution in [3.63, 3.8) is 0 Å². The highest BCUT2D eigenvalue weighted by atomic mass is 79.9. The van der Waals surface area contributed by atoms with E-state index < -0.39 is 16.7 Å². The van der Waals surface area contributed by atoms with Gasteiger partial charge in [-0.3, -0.25) is 34.0 Å². The summed E-state index contributed by atoms with van der Waals surface area (Å²) in [4.78, 5) is 53.9. The lowest BCUT2D eigenvalue weighted by molar-refractivity contribution is -0.384. The number of halogens is 1. The summed E-state index contributed by atoms with van der Waals surface area (Å²) in [6.07, 6.45) is 0. The predicted molar refractivity (Wildman–Crippen MR) is 144 cm³/mol. The molecule has 0 unspecified atom stereocenters. The van der Waals surface area contributed by atoms with Crippen LogP contribution in [0.3, 0.4) is 0 Å². The summed E-state index contributed by atoms with van der Waals surface area (Å²) in [7, 11) is 3.62. The fraction of sp³-hybridized carbons (Fsp3) is 0.148. The number of hydrogen-bond donors (Lipinski definition) is 0. The number of nitro groups is 1. The Morgan fingerprint density at radius 3 is 2.15 bits per heavy atom. The molecule has 0 N–H and O–H groups in total. The third kappa shape index (κ3) is 4.75. The fourth-order valence-electron chi connectivity index (χ4n) is 4.44. The molecule has 0 fully saturated rings. The van der Waals surface area contributed by atoms with Gasteiger partial charge in [-0.1, -0.05) is 40.2 Å². The summed E-state index contributed by atoms with van der Waals surface area (Å²) in [6, 6.07) is 17.3. The number of rotatable bonds is 8. The van der Waals surface area contributed by atoms with E-state index in [1.54, 1.807) is 48.5 Å². The van der Waals surface area contributed by atoms with Crippen molar-refractivity contribution in [3.8, 4) is 5.69 Å². The maximum atomic E-state index is 13.7. The van der Waals surface area contributed by atoms with E-state index in [1.807, 2.05) is 19.0 Å². The van der Waals surface area contributed by atoms with Gasteiger partial charge in [-0.05, 0) is 44.4 Å². The standard InChI is InChI=1S/C27H21BrN6O5/c1-31(2)14-23-29-30-24(15-32-26(36)17-7-3-4-8-18(17)27(32)37)33(23)22-13-16(34(38)39)11-12-20(22)25(35)19-9-5-6-10-21(19)28/h3-13H,14-15H2,1-2H3. The molecule has 2 amide bonds. The molecule has 3 aromatic carbocycles. The number of hydrogen-bond acceptors (Lipinski definition) is 8. The van der Waals surface area contributed by atoms with Gasteiger partial charge in [0.2, 0.25) is 0 Å². The molecule has 1 aliphatic rings. The largest absolute Gasteiger partial charge is 0.302 e. The minimum atomic E-state index is -0.560. The van der Waals surface area contributed by atoms with Gasteiger partial charge in [-0.15, -0.1) is 10.2 Å². The van der Waals surface area contributed by atoms with Crippen LogP contribution in [0.5, 0.6) is 0 Å². The summed E-state index contributed by atoms with van der Waals surface area (Å²) in [5.41, 5.74) is 1.00. The number of imide groups is 1. The Labute approximate surface area is 231 Å². The highest BCUT2D eigenvalue weighted by molar-refractivity contribution is 9.10. The monoisotopic (exact) mass is 588 g/mol. The lowest BCUT2D eigenvalue weighted by Gasteiger charge is -2.19. The average molecular weight is 589 g/mol. The Morgan fingerprint density at radius 2 is 1.54 bits per heavy atom. The van der Waals surface area contributed by atoms with E-state index in [4.69, 9.17) is 0 Å². The minimum absolute atomic E-state index is 0.163. The zero-order valence-corrected chi connectivity index (χ0v) is 22.5. The molecule has 0 radical (unpaired) electrons. The Morgan fingerprint density at radius 1 is 0.923 bits per heavy atom. The lowest BCUT2D eigenvalue weighted by atomic mass is 10.0. The molecule has 0 saturated carbocycles. The van der Waals surface area contributed by atoms with Crippen LogP contribution in [0.15, 0.2) is 71.2 Å². The smallest absolute Gasteiger partial charge is 0.271 e. The first kappa shape index (κ1) is 26.1. The van der Waals surface area contributed by atoms with Gasteiger partial charge >= 0.3 is 0 Å². The second-order valence-corrected chi connectivity index (χ2v) is 9.97. The van der Waals surface area contributed by atoms with Crippen LogP contribution >= 0.6 is 15.9 Å². The van der Waals surface area contributed by atoms with Crippen LogP contribution in [0.4, 0.5) is 5.69 Å². The van der Waals surface area contributed by atoms with Crippen molar-refractivity contribution in [2.24, 2.45) is 0 Å². The van der Waals surface area contributed by atoms with Gasteiger partial charge in [-0.25, -0.2) is 0 Å². The van der Waals surface area contributed by atoms with Crippen molar-refractivity contribution in [3.05, 3.63) is 115 Å². The van der Waals surface area contributed by atoms with Crippen LogP contribution in [0.25, 0.3) is 5.69 Å². The van der Waals surface area contributed by atoms with E-state index in [0.717, 1.165) is 4.90 Å². The van der Waals surface area contributed by atoms with Crippen molar-refractivity contribution in [2.45, 2.75) is 13.1 Å². The quantitative estimate of drug-likeness (QED) is 0.130. The van der Waals surface area contributed by atoms with Crippen molar-refractivity contribution >= 4 is 39.2 Å². The number of non-ortho nitro benzene ring substituents is 1. The molecule has 4 aromatic rings. The predicted octanol–water partition coefficient (Wildman–Crippen LogP) is 4.03. The maximum Gasteiger partial charge on any atom is 0.271 e. The number of nitro benzene ring substituents is 1. The molecule has 0 spiro atoms. The molecule has 2 heterocycles. The fourth-order valence-corrected chi connectivity index (χ4v) is 4.91. The summed E-state index contributed by atoms with van der Waals surface area (Å²) in [5.74, 6) is -0.814. The van der Waals surface area contributed by atoms with Crippen molar-refractivity contribution in [1.82, 2.24) is 24.6 Å². The summed E-state index contributed by atoms with van der Waals surface area (Å²) in [6.45, 7) is 0.0125. The second-order valence-electron chi connectivity index (χ2n) is 9.12. The third-order valence-corrected chi connectivity index (χ3v) is 6.92. The lowest BCUT2D eigenvalue weighted by Crippen LogP contribution is -2.31. The van der Waals surface area contributed by atoms with Crippen LogP contribution in [-0.2, 0) is 13.1 Å². The van der Waals surface area contributed by atoms with Gasteiger partial charge < -0.3 is 4.90 Å². The first-order chi connectivity index (χ1) is 18.7. The van der Waals surface area contributed by atoms with Crippen molar-refractivity contribution in [2.75, 3.05) is 14.1 Å². The number of amides is 2. The Kier molecular flexibility index (Phi) is 6.89. The second kappa shape index (κ2) is 10.3. The van der Waals surface area contributed by atoms with E-state index in [2.05, 4.69) is 26.1 Å². The highest BCUT2D eigenvalue weighted by Gasteiger charge is 2.37. The minimum Gasteiger partial charge on any atom is -0.302 e. The molecule has 196 valence electrons. The number of nitrogens with zero attached hydrogens (tertiary/aromatic N) is 6. The van der Waals surface area contributed by atoms with Gasteiger partial charge in [0.25, 0.3) is 17.5 Å². The van der Waals surface area contributed by atoms with Crippen LogP contribution in [-0.4, -0.2) is 61.2 Å². The Balaban J connectivity index is 1.67. The van der Waals surface area contributed by atoms with E-state index in [9.17, 15) is 24.5 Å². The molecule has 1 aromatic heterocycles. The van der Waals surface area contributed by atoms with Crippen LogP contribution in [0.1, 0.15) is 48.3 Å². The first-order valence-electron chi connectivity index (χ1n) is 11.8. The van der Waals surface area contributed by atoms with Gasteiger partial charge in [-0.2, -0.15) is 0 Å². The molecule has 0 saturated heterocycles. The van der Waals surface area contributed by atoms with Gasteiger partial charge in [0.05, 0.1) is 34.8 Å². The number of ketones is 1. The number of aromatic nitrogens is 3. The molecular weight excluding hydrogens is 568 g/mol. The molecule has 0 atom stereocenters. The maximum absolute atomic E-state index is 13.7. The SMILES string of the molecule is CN(C)Cc1nnc(CN2C(=O)c3ccccc3C2=O)n1-c1cc([N+](=O)[O-])ccc1C(=O)c1ccccc1Br. The molecule has 11 nitrogen and oxygen atoms in total. The van der Waals surface area contributed by atoms with Gasteiger partial charge in [0.15, 0.2) is 17.4 Å². The molecule has 0 bridgehead atoms. The summed E-state index contributed by atoms with van der Waals surface area (Å²) < 4.78 is 2.07. The van der Waals surface area contributed by atoms with Crippen LogP contribution < -0.4 is 0 Å². The average Bonchev–Trinajstić information content (AvgIpc) is 3.41. The molecular formula is C27H21BrN6O5. The molecule has 12 heteroatoms. The zero-order valence-electron chi connectivity index (χ0n) is 20.9. The Hall–Kier alpha value is -4.55. The van der Waals surface area contributed by atoms with E-state index >= 15 is 0 Å². The summed E-state index contributed by atoms with van der Waals surface area (Å²) in [5, 5.41) is 20.3. The van der Waals surface area contributed by atoms with E-state index in [-0.39, 0.29) is 52.8 Å².